The molecule has 8 nitrogen and oxygen atoms in total. The van der Waals surface area contributed by atoms with E-state index < -0.39 is 0 Å². The van der Waals surface area contributed by atoms with Crippen LogP contribution >= 0.6 is 0 Å². The first-order valence-electron chi connectivity index (χ1n) is 12.5. The number of hydrogen-bond donors (Lipinski definition) is 2. The van der Waals surface area contributed by atoms with Gasteiger partial charge in [-0.1, -0.05) is 60.7 Å². The van der Waals surface area contributed by atoms with E-state index in [1.165, 1.54) is 0 Å². The summed E-state index contributed by atoms with van der Waals surface area (Å²) in [4.78, 5) is 24.5. The predicted octanol–water partition coefficient (Wildman–Crippen LogP) is 4.68. The fraction of sp³-hybridized carbons (Fsp3) is 0.241. The molecule has 5 rings (SSSR count). The summed E-state index contributed by atoms with van der Waals surface area (Å²) in [6, 6.07) is 26.7. The lowest BCUT2D eigenvalue weighted by atomic mass is 9.99. The van der Waals surface area contributed by atoms with Crippen LogP contribution < -0.4 is 10.6 Å². The van der Waals surface area contributed by atoms with Gasteiger partial charge in [0.15, 0.2) is 11.6 Å². The second kappa shape index (κ2) is 11.5. The first-order valence-corrected chi connectivity index (χ1v) is 12.5. The van der Waals surface area contributed by atoms with Gasteiger partial charge in [-0.15, -0.1) is 10.2 Å². The zero-order chi connectivity index (χ0) is 25.5. The molecule has 0 bridgehead atoms. The molecule has 0 saturated heterocycles. The highest BCUT2D eigenvalue weighted by Crippen LogP contribution is 2.42. The van der Waals surface area contributed by atoms with E-state index in [4.69, 9.17) is 0 Å². The molecule has 0 aliphatic heterocycles. The summed E-state index contributed by atoms with van der Waals surface area (Å²) < 4.78 is 0. The van der Waals surface area contributed by atoms with E-state index in [0.29, 0.717) is 24.5 Å². The van der Waals surface area contributed by atoms with Crippen molar-refractivity contribution in [2.24, 2.45) is 0 Å². The van der Waals surface area contributed by atoms with Gasteiger partial charge in [0.2, 0.25) is 11.8 Å². The minimum absolute atomic E-state index is 0.118. The molecule has 2 N–H and O–H groups in total. The Kier molecular flexibility index (Phi) is 7.55. The van der Waals surface area contributed by atoms with Crippen molar-refractivity contribution >= 4 is 23.5 Å². The van der Waals surface area contributed by atoms with Gasteiger partial charge in [0.25, 0.3) is 0 Å². The number of nitrogens with zero attached hydrogens (tertiary/aromatic N) is 4. The van der Waals surface area contributed by atoms with Crippen LogP contribution in [0.1, 0.15) is 53.6 Å². The third kappa shape index (κ3) is 6.61. The highest BCUT2D eigenvalue weighted by Gasteiger charge is 2.29. The summed E-state index contributed by atoms with van der Waals surface area (Å²) in [6.45, 7) is 0. The first kappa shape index (κ1) is 24.2. The van der Waals surface area contributed by atoms with Crippen LogP contribution in [0.5, 0.6) is 0 Å². The summed E-state index contributed by atoms with van der Waals surface area (Å²) in [5.41, 5.74) is 3.74. The molecule has 2 amide bonds. The normalized spacial score (nSPS) is 16.8. The van der Waals surface area contributed by atoms with Crippen LogP contribution in [-0.2, 0) is 22.4 Å². The van der Waals surface area contributed by atoms with E-state index in [1.54, 1.807) is 0 Å². The van der Waals surface area contributed by atoms with Crippen molar-refractivity contribution in [1.29, 1.82) is 0 Å². The summed E-state index contributed by atoms with van der Waals surface area (Å²) in [6.07, 6.45) is 3.46. The van der Waals surface area contributed by atoms with Crippen molar-refractivity contribution in [3.63, 3.8) is 0 Å². The SMILES string of the molecule is O=C(Cc1ccccc1)Nc1ccc([C@@H]2CC[C@@H](c3ccc(NC(=O)Cc4ccccc4)nn3)C2)nn1. The fourth-order valence-electron chi connectivity index (χ4n) is 4.71. The number of benzene rings is 2. The monoisotopic (exact) mass is 492 g/mol. The lowest BCUT2D eigenvalue weighted by Crippen LogP contribution is -2.16. The number of rotatable bonds is 8. The quantitative estimate of drug-likeness (QED) is 0.370. The molecule has 0 radical (unpaired) electrons. The molecule has 1 saturated carbocycles. The Bertz CT molecular complexity index is 1220. The molecule has 8 heteroatoms. The van der Waals surface area contributed by atoms with Crippen LogP contribution in [0.4, 0.5) is 11.6 Å². The number of carbonyl (C=O) groups is 2. The van der Waals surface area contributed by atoms with E-state index in [9.17, 15) is 9.59 Å². The van der Waals surface area contributed by atoms with E-state index in [0.717, 1.165) is 41.8 Å². The molecular weight excluding hydrogens is 464 g/mol. The molecule has 2 heterocycles. The maximum Gasteiger partial charge on any atom is 0.229 e. The Morgan fingerprint density at radius 1 is 0.595 bits per heavy atom. The average molecular weight is 493 g/mol. The highest BCUT2D eigenvalue weighted by molar-refractivity contribution is 5.91. The largest absolute Gasteiger partial charge is 0.309 e. The van der Waals surface area contributed by atoms with Gasteiger partial charge in [0, 0.05) is 11.8 Å². The minimum atomic E-state index is -0.118. The maximum atomic E-state index is 12.3. The molecule has 1 fully saturated rings. The second-order valence-corrected chi connectivity index (χ2v) is 9.31. The first-order chi connectivity index (χ1) is 18.1. The van der Waals surface area contributed by atoms with Crippen LogP contribution in [0.15, 0.2) is 84.9 Å². The van der Waals surface area contributed by atoms with E-state index in [2.05, 4.69) is 31.0 Å². The summed E-state index contributed by atoms with van der Waals surface area (Å²) in [5, 5.41) is 22.8. The van der Waals surface area contributed by atoms with Gasteiger partial charge >= 0.3 is 0 Å². The van der Waals surface area contributed by atoms with Crippen LogP contribution in [-0.4, -0.2) is 32.2 Å². The molecule has 1 aliphatic carbocycles. The summed E-state index contributed by atoms with van der Waals surface area (Å²) in [7, 11) is 0. The topological polar surface area (TPSA) is 110 Å². The lowest BCUT2D eigenvalue weighted by Gasteiger charge is -2.11. The van der Waals surface area contributed by atoms with Crippen molar-refractivity contribution < 1.29 is 9.59 Å². The van der Waals surface area contributed by atoms with E-state index >= 15 is 0 Å². The molecular formula is C29H28N6O2. The molecule has 2 aromatic carbocycles. The zero-order valence-electron chi connectivity index (χ0n) is 20.4. The second-order valence-electron chi connectivity index (χ2n) is 9.31. The summed E-state index contributed by atoms with van der Waals surface area (Å²) in [5.74, 6) is 1.22. The van der Waals surface area contributed by atoms with Crippen molar-refractivity contribution in [1.82, 2.24) is 20.4 Å². The Hall–Kier alpha value is -4.46. The van der Waals surface area contributed by atoms with Gasteiger partial charge in [-0.2, -0.15) is 10.2 Å². The van der Waals surface area contributed by atoms with E-state index in [1.807, 2.05) is 84.9 Å². The number of nitrogens with one attached hydrogen (secondary N) is 2. The molecule has 4 aromatic rings. The van der Waals surface area contributed by atoms with Gasteiger partial charge in [-0.05, 0) is 54.7 Å². The van der Waals surface area contributed by atoms with Crippen molar-refractivity contribution in [3.8, 4) is 0 Å². The van der Waals surface area contributed by atoms with Gasteiger partial charge in [-0.25, -0.2) is 0 Å². The molecule has 1 aliphatic rings. The lowest BCUT2D eigenvalue weighted by molar-refractivity contribution is -0.116. The van der Waals surface area contributed by atoms with Gasteiger partial charge in [-0.3, -0.25) is 9.59 Å². The standard InChI is InChI=1S/C29H28N6O2/c36-28(17-20-7-3-1-4-8-20)30-26-15-13-24(32-34-26)22-11-12-23(19-22)25-14-16-27(35-33-25)31-29(37)18-21-9-5-2-6-10-21/h1-10,13-16,22-23H,11-12,17-19H2,(H,30,34,36)(H,31,35,37)/t22-,23-/m1/s1. The van der Waals surface area contributed by atoms with Crippen LogP contribution in [0.25, 0.3) is 0 Å². The Morgan fingerprint density at radius 2 is 1.03 bits per heavy atom. The van der Waals surface area contributed by atoms with Crippen molar-refractivity contribution in [3.05, 3.63) is 107 Å². The van der Waals surface area contributed by atoms with Gasteiger partial charge in [0.05, 0.1) is 24.2 Å². The molecule has 2 aromatic heterocycles. The molecule has 2 atom stereocenters. The third-order valence-corrected chi connectivity index (χ3v) is 6.59. The fourth-order valence-corrected chi connectivity index (χ4v) is 4.71. The van der Waals surface area contributed by atoms with Crippen LogP contribution in [0, 0.1) is 0 Å². The number of anilines is 2. The zero-order valence-corrected chi connectivity index (χ0v) is 20.4. The Morgan fingerprint density at radius 3 is 1.41 bits per heavy atom. The van der Waals surface area contributed by atoms with Crippen LogP contribution in [0.2, 0.25) is 0 Å². The van der Waals surface area contributed by atoms with Crippen LogP contribution in [0.3, 0.4) is 0 Å². The molecule has 186 valence electrons. The summed E-state index contributed by atoms with van der Waals surface area (Å²) >= 11 is 0. The molecule has 37 heavy (non-hydrogen) atoms. The van der Waals surface area contributed by atoms with Gasteiger partial charge in [0.1, 0.15) is 0 Å². The molecule has 0 unspecified atom stereocenters. The number of hydrogen-bond acceptors (Lipinski definition) is 6. The van der Waals surface area contributed by atoms with Crippen molar-refractivity contribution in [2.75, 3.05) is 10.6 Å². The Balaban J connectivity index is 1.12. The number of aromatic nitrogens is 4. The van der Waals surface area contributed by atoms with E-state index in [-0.39, 0.29) is 23.7 Å². The molecule has 0 spiro atoms. The Labute approximate surface area is 215 Å². The number of carbonyl (C=O) groups excluding carboxylic acids is 2. The maximum absolute atomic E-state index is 12.3. The average Bonchev–Trinajstić information content (AvgIpc) is 3.41. The number of amides is 2. The minimum Gasteiger partial charge on any atom is -0.309 e. The smallest absolute Gasteiger partial charge is 0.229 e. The van der Waals surface area contributed by atoms with Crippen molar-refractivity contribution in [2.45, 2.75) is 43.9 Å². The van der Waals surface area contributed by atoms with Gasteiger partial charge < -0.3 is 10.6 Å². The third-order valence-electron chi connectivity index (χ3n) is 6.59. The highest BCUT2D eigenvalue weighted by atomic mass is 16.2. The predicted molar refractivity (Wildman–Crippen MR) is 141 cm³/mol.